The molecule has 1 aromatic carbocycles. The fraction of sp³-hybridized carbons (Fsp3) is 0.300. The van der Waals surface area contributed by atoms with Crippen LogP contribution in [0.4, 0.5) is 4.39 Å². The molecule has 0 spiro atoms. The van der Waals surface area contributed by atoms with Crippen LogP contribution in [0.15, 0.2) is 23.2 Å². The number of ether oxygens (including phenoxy) is 1. The van der Waals surface area contributed by atoms with E-state index >= 15 is 0 Å². The van der Waals surface area contributed by atoms with E-state index in [-0.39, 0.29) is 6.61 Å². The Labute approximate surface area is 90.5 Å². The van der Waals surface area contributed by atoms with Crippen molar-refractivity contribution in [3.63, 3.8) is 0 Å². The molecule has 0 N–H and O–H groups in total. The van der Waals surface area contributed by atoms with Crippen molar-refractivity contribution in [2.24, 2.45) is 12.0 Å². The molecule has 2 heterocycles. The molecule has 16 heavy (non-hydrogen) atoms. The van der Waals surface area contributed by atoms with E-state index in [2.05, 4.69) is 15.2 Å². The Hall–Kier alpha value is -1.98. The van der Waals surface area contributed by atoms with Crippen LogP contribution in [0.2, 0.25) is 0 Å². The van der Waals surface area contributed by atoms with Gasteiger partial charge in [-0.2, -0.15) is 15.0 Å². The van der Waals surface area contributed by atoms with Crippen molar-refractivity contribution in [3.8, 4) is 0 Å². The van der Waals surface area contributed by atoms with Crippen LogP contribution >= 0.6 is 0 Å². The quantitative estimate of drug-likeness (QED) is 0.675. The molecule has 0 bridgehead atoms. The first-order chi connectivity index (χ1) is 7.72. The molecule has 0 saturated heterocycles. The van der Waals surface area contributed by atoms with Gasteiger partial charge in [0.05, 0.1) is 0 Å². The van der Waals surface area contributed by atoms with Gasteiger partial charge in [0, 0.05) is 12.6 Å². The first-order valence-electron chi connectivity index (χ1n) is 4.88. The molecule has 1 aliphatic rings. The zero-order valence-corrected chi connectivity index (χ0v) is 8.59. The maximum absolute atomic E-state index is 12.8. The van der Waals surface area contributed by atoms with Crippen LogP contribution in [-0.2, 0) is 11.8 Å². The second-order valence-corrected chi connectivity index (χ2v) is 3.57. The molecule has 6 heteroatoms. The van der Waals surface area contributed by atoms with Crippen LogP contribution in [-0.4, -0.2) is 33.8 Å². The average molecular weight is 220 g/mol. The number of fused-ring (bicyclic) bond motifs is 1. The lowest BCUT2D eigenvalue weighted by Gasteiger charge is -1.99. The second-order valence-electron chi connectivity index (χ2n) is 3.57. The summed E-state index contributed by atoms with van der Waals surface area (Å²) in [6, 6.07) is 5.40. The number of hydrogen-bond acceptors (Lipinski definition) is 4. The third-order valence-corrected chi connectivity index (χ3v) is 2.34. The number of aromatic nitrogens is 3. The maximum Gasteiger partial charge on any atom is 0.227 e. The Bertz CT molecular complexity index is 577. The van der Waals surface area contributed by atoms with Gasteiger partial charge in [0.1, 0.15) is 17.6 Å². The van der Waals surface area contributed by atoms with Gasteiger partial charge in [0.25, 0.3) is 0 Å². The van der Waals surface area contributed by atoms with E-state index in [0.717, 1.165) is 16.6 Å². The molecule has 1 unspecified atom stereocenters. The number of rotatable bonds is 1. The van der Waals surface area contributed by atoms with Crippen LogP contribution in [0, 0.1) is 0 Å². The van der Waals surface area contributed by atoms with E-state index in [1.54, 1.807) is 19.2 Å². The number of alkyl halides is 1. The molecule has 1 aromatic heterocycles. The summed E-state index contributed by atoms with van der Waals surface area (Å²) in [5.74, 6) is 0.333. The fourth-order valence-electron chi connectivity index (χ4n) is 1.66. The number of halogens is 1. The van der Waals surface area contributed by atoms with Gasteiger partial charge in [-0.15, -0.1) is 0 Å². The molecular weight excluding hydrogens is 211 g/mol. The van der Waals surface area contributed by atoms with Gasteiger partial charge >= 0.3 is 0 Å². The molecule has 5 nitrogen and oxygen atoms in total. The molecular formula is C10H9FN4O. The molecule has 0 amide bonds. The van der Waals surface area contributed by atoms with Crippen molar-refractivity contribution in [1.82, 2.24) is 15.0 Å². The minimum Gasteiger partial charge on any atom is -0.472 e. The van der Waals surface area contributed by atoms with Crippen LogP contribution in [0.1, 0.15) is 5.56 Å². The van der Waals surface area contributed by atoms with Crippen molar-refractivity contribution in [3.05, 3.63) is 23.8 Å². The molecule has 0 radical (unpaired) electrons. The fourth-order valence-corrected chi connectivity index (χ4v) is 1.66. The van der Waals surface area contributed by atoms with Crippen molar-refractivity contribution in [2.45, 2.75) is 6.30 Å². The van der Waals surface area contributed by atoms with Crippen molar-refractivity contribution in [2.75, 3.05) is 6.61 Å². The van der Waals surface area contributed by atoms with Gasteiger partial charge in [-0.25, -0.2) is 9.38 Å². The van der Waals surface area contributed by atoms with Crippen LogP contribution in [0.5, 0.6) is 0 Å². The van der Waals surface area contributed by atoms with Crippen molar-refractivity contribution in [1.29, 1.82) is 0 Å². The zero-order chi connectivity index (χ0) is 11.1. The molecule has 0 saturated carbocycles. The van der Waals surface area contributed by atoms with Gasteiger partial charge < -0.3 is 4.74 Å². The normalized spacial score (nSPS) is 19.9. The van der Waals surface area contributed by atoms with E-state index in [4.69, 9.17) is 4.74 Å². The Balaban J connectivity index is 2.08. The Kier molecular flexibility index (Phi) is 1.89. The highest BCUT2D eigenvalue weighted by Gasteiger charge is 2.19. The van der Waals surface area contributed by atoms with Crippen LogP contribution in [0.25, 0.3) is 11.0 Å². The number of aliphatic imine (C=N–C) groups is 1. The standard InChI is InChI=1S/C10H9FN4O/c1-15-13-7-3-2-6(4-8(7)14-15)10-12-9(11)5-16-10/h2-4,9H,5H2,1H3. The Morgan fingerprint density at radius 3 is 2.94 bits per heavy atom. The van der Waals surface area contributed by atoms with E-state index < -0.39 is 6.30 Å². The van der Waals surface area contributed by atoms with Crippen LogP contribution < -0.4 is 0 Å². The Morgan fingerprint density at radius 1 is 1.38 bits per heavy atom. The predicted molar refractivity (Wildman–Crippen MR) is 55.9 cm³/mol. The summed E-state index contributed by atoms with van der Waals surface area (Å²) >= 11 is 0. The Morgan fingerprint density at radius 2 is 2.19 bits per heavy atom. The lowest BCUT2D eigenvalue weighted by molar-refractivity contribution is 0.234. The summed E-state index contributed by atoms with van der Waals surface area (Å²) in [6.45, 7) is -0.00611. The third-order valence-electron chi connectivity index (χ3n) is 2.34. The number of aryl methyl sites for hydroxylation is 1. The summed E-state index contributed by atoms with van der Waals surface area (Å²) in [7, 11) is 1.75. The van der Waals surface area contributed by atoms with Crippen LogP contribution in [0.3, 0.4) is 0 Å². The monoisotopic (exact) mass is 220 g/mol. The molecule has 82 valence electrons. The summed E-state index contributed by atoms with van der Waals surface area (Å²) < 4.78 is 18.0. The van der Waals surface area contributed by atoms with Crippen molar-refractivity contribution >= 4 is 16.9 Å². The zero-order valence-electron chi connectivity index (χ0n) is 8.59. The minimum atomic E-state index is -1.26. The van der Waals surface area contributed by atoms with Crippen molar-refractivity contribution < 1.29 is 9.13 Å². The highest BCUT2D eigenvalue weighted by atomic mass is 19.1. The van der Waals surface area contributed by atoms with Gasteiger partial charge in [-0.1, -0.05) is 0 Å². The van der Waals surface area contributed by atoms with E-state index in [9.17, 15) is 4.39 Å². The summed E-state index contributed by atoms with van der Waals surface area (Å²) in [5, 5.41) is 8.31. The lowest BCUT2D eigenvalue weighted by Crippen LogP contribution is -2.01. The number of nitrogens with zero attached hydrogens (tertiary/aromatic N) is 4. The molecule has 0 aliphatic carbocycles. The lowest BCUT2D eigenvalue weighted by atomic mass is 10.2. The van der Waals surface area contributed by atoms with Gasteiger partial charge in [-0.3, -0.25) is 0 Å². The highest BCUT2D eigenvalue weighted by molar-refractivity contribution is 5.97. The smallest absolute Gasteiger partial charge is 0.227 e. The van der Waals surface area contributed by atoms with Gasteiger partial charge in [-0.05, 0) is 18.2 Å². The summed E-state index contributed by atoms with van der Waals surface area (Å²) in [4.78, 5) is 5.23. The second kappa shape index (κ2) is 3.26. The topological polar surface area (TPSA) is 52.3 Å². The number of benzene rings is 1. The summed E-state index contributed by atoms with van der Waals surface area (Å²) in [5.41, 5.74) is 2.27. The molecule has 3 rings (SSSR count). The summed E-state index contributed by atoms with van der Waals surface area (Å²) in [6.07, 6.45) is -1.26. The maximum atomic E-state index is 12.8. The predicted octanol–water partition coefficient (Wildman–Crippen LogP) is 1.04. The van der Waals surface area contributed by atoms with E-state index in [1.165, 1.54) is 4.80 Å². The third kappa shape index (κ3) is 1.42. The molecule has 1 atom stereocenters. The molecule has 1 aliphatic heterocycles. The SMILES string of the molecule is Cn1nc2ccc(C3=NC(F)CO3)cc2n1. The first-order valence-corrected chi connectivity index (χ1v) is 4.88. The minimum absolute atomic E-state index is 0.00611. The van der Waals surface area contributed by atoms with E-state index in [0.29, 0.717) is 5.90 Å². The van der Waals surface area contributed by atoms with E-state index in [1.807, 2.05) is 6.07 Å². The largest absolute Gasteiger partial charge is 0.472 e. The average Bonchev–Trinajstić information content (AvgIpc) is 2.81. The van der Waals surface area contributed by atoms with Gasteiger partial charge in [0.2, 0.25) is 12.2 Å². The highest BCUT2D eigenvalue weighted by Crippen LogP contribution is 2.16. The molecule has 0 fully saturated rings. The van der Waals surface area contributed by atoms with Gasteiger partial charge in [0.15, 0.2) is 0 Å². The molecule has 2 aromatic rings. The number of hydrogen-bond donors (Lipinski definition) is 0. The first kappa shape index (κ1) is 9.26.